The number of hydrogen-bond donors (Lipinski definition) is 1. The van der Waals surface area contributed by atoms with Gasteiger partial charge in [0.05, 0.1) is 12.0 Å². The van der Waals surface area contributed by atoms with E-state index >= 15 is 0 Å². The summed E-state index contributed by atoms with van der Waals surface area (Å²) in [6, 6.07) is 5.35. The fourth-order valence-electron chi connectivity index (χ4n) is 2.93. The van der Waals surface area contributed by atoms with Gasteiger partial charge in [-0.25, -0.2) is 0 Å². The molecule has 2 aromatic heterocycles. The van der Waals surface area contributed by atoms with Crippen molar-refractivity contribution in [1.82, 2.24) is 9.88 Å². The van der Waals surface area contributed by atoms with Crippen LogP contribution in [0.15, 0.2) is 41.4 Å². The van der Waals surface area contributed by atoms with Gasteiger partial charge in [-0.05, 0) is 40.4 Å². The fraction of sp³-hybridized carbons (Fsp3) is 0.312. The summed E-state index contributed by atoms with van der Waals surface area (Å²) in [7, 11) is 0. The lowest BCUT2D eigenvalue weighted by Gasteiger charge is -2.26. The highest BCUT2D eigenvalue weighted by Crippen LogP contribution is 2.39. The number of carboxylic acids is 1. The van der Waals surface area contributed by atoms with E-state index in [2.05, 4.69) is 4.98 Å². The first-order valence-electron chi connectivity index (χ1n) is 7.10. The molecule has 0 aliphatic carbocycles. The van der Waals surface area contributed by atoms with Gasteiger partial charge in [-0.2, -0.15) is 11.3 Å². The second-order valence-electron chi connectivity index (χ2n) is 5.35. The predicted octanol–water partition coefficient (Wildman–Crippen LogP) is 2.36. The van der Waals surface area contributed by atoms with Crippen LogP contribution in [0.2, 0.25) is 0 Å². The molecule has 0 aromatic carbocycles. The maximum absolute atomic E-state index is 12.3. The number of carboxylic acid groups (broad SMARTS) is 1. The smallest absolute Gasteiger partial charge is 0.309 e. The van der Waals surface area contributed by atoms with Crippen molar-refractivity contribution in [3.63, 3.8) is 0 Å². The Balaban J connectivity index is 1.81. The first-order chi connectivity index (χ1) is 10.7. The van der Waals surface area contributed by atoms with Gasteiger partial charge < -0.3 is 10.0 Å². The monoisotopic (exact) mass is 316 g/mol. The van der Waals surface area contributed by atoms with E-state index in [1.807, 2.05) is 29.0 Å². The van der Waals surface area contributed by atoms with Gasteiger partial charge in [0.2, 0.25) is 5.91 Å². The summed E-state index contributed by atoms with van der Waals surface area (Å²) in [5.41, 5.74) is 1.95. The molecule has 0 saturated carbocycles. The lowest BCUT2D eigenvalue weighted by atomic mass is 9.95. The van der Waals surface area contributed by atoms with E-state index in [1.165, 1.54) is 11.3 Å². The third-order valence-electron chi connectivity index (χ3n) is 4.00. The van der Waals surface area contributed by atoms with Gasteiger partial charge in [-0.15, -0.1) is 0 Å². The molecule has 0 radical (unpaired) electrons. The minimum absolute atomic E-state index is 0.0723. The molecule has 2 aromatic rings. The Bertz CT molecular complexity index is 657. The normalized spacial score (nSPS) is 21.3. The van der Waals surface area contributed by atoms with Crippen molar-refractivity contribution in [2.24, 2.45) is 5.92 Å². The van der Waals surface area contributed by atoms with Crippen LogP contribution in [0.4, 0.5) is 0 Å². The summed E-state index contributed by atoms with van der Waals surface area (Å²) in [6.45, 7) is 0.509. The van der Waals surface area contributed by atoms with Crippen LogP contribution >= 0.6 is 11.3 Å². The Kier molecular flexibility index (Phi) is 4.20. The van der Waals surface area contributed by atoms with E-state index in [0.717, 1.165) is 11.1 Å². The molecule has 6 heteroatoms. The zero-order chi connectivity index (χ0) is 15.5. The number of aliphatic carboxylic acids is 1. The quantitative estimate of drug-likeness (QED) is 0.919. The summed E-state index contributed by atoms with van der Waals surface area (Å²) < 4.78 is 0. The lowest BCUT2D eigenvalue weighted by molar-refractivity contribution is -0.142. The van der Waals surface area contributed by atoms with E-state index < -0.39 is 11.9 Å². The van der Waals surface area contributed by atoms with Crippen LogP contribution in [0.5, 0.6) is 0 Å². The van der Waals surface area contributed by atoms with Crippen molar-refractivity contribution in [3.8, 4) is 0 Å². The summed E-state index contributed by atoms with van der Waals surface area (Å²) >= 11 is 1.52. The highest BCUT2D eigenvalue weighted by molar-refractivity contribution is 7.08. The zero-order valence-corrected chi connectivity index (χ0v) is 12.7. The van der Waals surface area contributed by atoms with Crippen LogP contribution in [-0.2, 0) is 16.0 Å². The Labute approximate surface area is 132 Å². The summed E-state index contributed by atoms with van der Waals surface area (Å²) in [6.07, 6.45) is 4.23. The molecule has 114 valence electrons. The molecule has 1 amide bonds. The third-order valence-corrected chi connectivity index (χ3v) is 4.70. The fourth-order valence-corrected chi connectivity index (χ4v) is 3.62. The van der Waals surface area contributed by atoms with Crippen molar-refractivity contribution in [2.45, 2.75) is 18.9 Å². The number of rotatable bonds is 5. The molecule has 1 aliphatic heterocycles. The molecule has 3 heterocycles. The number of pyridine rings is 1. The molecule has 0 unspecified atom stereocenters. The lowest BCUT2D eigenvalue weighted by Crippen LogP contribution is -2.32. The van der Waals surface area contributed by atoms with Crippen LogP contribution in [0, 0.1) is 5.92 Å². The van der Waals surface area contributed by atoms with E-state index in [-0.39, 0.29) is 18.4 Å². The maximum atomic E-state index is 12.3. The Morgan fingerprint density at radius 3 is 2.95 bits per heavy atom. The molecule has 1 fully saturated rings. The van der Waals surface area contributed by atoms with Crippen LogP contribution in [-0.4, -0.2) is 33.4 Å². The van der Waals surface area contributed by atoms with Gasteiger partial charge in [0, 0.05) is 25.4 Å². The van der Waals surface area contributed by atoms with Gasteiger partial charge in [0.15, 0.2) is 0 Å². The molecule has 5 nitrogen and oxygen atoms in total. The van der Waals surface area contributed by atoms with E-state index in [4.69, 9.17) is 0 Å². The standard InChI is InChI=1S/C16H16N2O3S/c19-14-8-13(16(20)21)15(12-4-7-22-10-12)18(14)6-3-11-2-1-5-17-9-11/h1-2,4-5,7,9-10,13,15H,3,6,8H2,(H,20,21)/t13-,15+/m0/s1. The van der Waals surface area contributed by atoms with E-state index in [0.29, 0.717) is 13.0 Å². The minimum atomic E-state index is -0.909. The number of aromatic nitrogens is 1. The summed E-state index contributed by atoms with van der Waals surface area (Å²) in [4.78, 5) is 29.5. The molecule has 22 heavy (non-hydrogen) atoms. The second kappa shape index (κ2) is 6.27. The molecule has 0 bridgehead atoms. The first kappa shape index (κ1) is 14.7. The van der Waals surface area contributed by atoms with Crippen LogP contribution < -0.4 is 0 Å². The van der Waals surface area contributed by atoms with Gasteiger partial charge in [0.25, 0.3) is 0 Å². The number of carbonyl (C=O) groups is 2. The first-order valence-corrected chi connectivity index (χ1v) is 8.04. The highest BCUT2D eigenvalue weighted by Gasteiger charge is 2.44. The number of nitrogens with zero attached hydrogens (tertiary/aromatic N) is 2. The SMILES string of the molecule is O=C(O)[C@H]1CC(=O)N(CCc2cccnc2)[C@@H]1c1ccsc1. The average molecular weight is 316 g/mol. The molecular weight excluding hydrogens is 300 g/mol. The molecule has 1 aliphatic rings. The van der Waals surface area contributed by atoms with E-state index in [9.17, 15) is 14.7 Å². The van der Waals surface area contributed by atoms with E-state index in [1.54, 1.807) is 17.3 Å². The zero-order valence-electron chi connectivity index (χ0n) is 11.9. The van der Waals surface area contributed by atoms with Crippen molar-refractivity contribution in [1.29, 1.82) is 0 Å². The Hall–Kier alpha value is -2.21. The summed E-state index contributed by atoms with van der Waals surface area (Å²) in [5.74, 6) is -1.67. The number of thiophene rings is 1. The molecule has 0 spiro atoms. The molecule has 1 saturated heterocycles. The Morgan fingerprint density at radius 2 is 2.32 bits per heavy atom. The predicted molar refractivity (Wildman–Crippen MR) is 82.5 cm³/mol. The molecule has 2 atom stereocenters. The summed E-state index contributed by atoms with van der Waals surface area (Å²) in [5, 5.41) is 13.3. The van der Waals surface area contributed by atoms with Gasteiger partial charge in [0.1, 0.15) is 0 Å². The van der Waals surface area contributed by atoms with Gasteiger partial charge in [-0.3, -0.25) is 14.6 Å². The van der Waals surface area contributed by atoms with Gasteiger partial charge >= 0.3 is 5.97 Å². The second-order valence-corrected chi connectivity index (χ2v) is 6.13. The number of amides is 1. The largest absolute Gasteiger partial charge is 0.481 e. The van der Waals surface area contributed by atoms with Crippen molar-refractivity contribution >= 4 is 23.2 Å². The van der Waals surface area contributed by atoms with Crippen LogP contribution in [0.25, 0.3) is 0 Å². The number of likely N-dealkylation sites (tertiary alicyclic amines) is 1. The molecule has 3 rings (SSSR count). The van der Waals surface area contributed by atoms with Crippen molar-refractivity contribution < 1.29 is 14.7 Å². The van der Waals surface area contributed by atoms with Crippen LogP contribution in [0.1, 0.15) is 23.6 Å². The third kappa shape index (κ3) is 2.87. The maximum Gasteiger partial charge on any atom is 0.309 e. The minimum Gasteiger partial charge on any atom is -0.481 e. The highest BCUT2D eigenvalue weighted by atomic mass is 32.1. The molecule has 1 N–H and O–H groups in total. The molecular formula is C16H16N2O3S. The van der Waals surface area contributed by atoms with Gasteiger partial charge in [-0.1, -0.05) is 6.07 Å². The van der Waals surface area contributed by atoms with Crippen LogP contribution in [0.3, 0.4) is 0 Å². The number of hydrogen-bond acceptors (Lipinski definition) is 4. The van der Waals surface area contributed by atoms with Crippen molar-refractivity contribution in [3.05, 3.63) is 52.5 Å². The van der Waals surface area contributed by atoms with Crippen molar-refractivity contribution in [2.75, 3.05) is 6.54 Å². The topological polar surface area (TPSA) is 70.5 Å². The number of carbonyl (C=O) groups excluding carboxylic acids is 1. The Morgan fingerprint density at radius 1 is 1.45 bits per heavy atom. The average Bonchev–Trinajstić information content (AvgIpc) is 3.13.